The molecular formula is C18H19N3O3. The van der Waals surface area contributed by atoms with E-state index in [-0.39, 0.29) is 17.7 Å². The molecule has 2 aliphatic heterocycles. The summed E-state index contributed by atoms with van der Waals surface area (Å²) in [5.74, 6) is 0.443. The maximum atomic E-state index is 12.8. The van der Waals surface area contributed by atoms with Crippen LogP contribution in [0, 0.1) is 12.3 Å². The molecule has 2 amide bonds. The van der Waals surface area contributed by atoms with Crippen molar-refractivity contribution in [2.45, 2.75) is 19.3 Å². The fourth-order valence-electron chi connectivity index (χ4n) is 4.02. The van der Waals surface area contributed by atoms with E-state index < -0.39 is 5.41 Å². The van der Waals surface area contributed by atoms with Crippen LogP contribution in [0.5, 0.6) is 0 Å². The first-order valence-corrected chi connectivity index (χ1v) is 8.15. The van der Waals surface area contributed by atoms with Crippen LogP contribution in [-0.2, 0) is 4.79 Å². The minimum Gasteiger partial charge on any atom is -0.361 e. The van der Waals surface area contributed by atoms with Crippen LogP contribution < -0.4 is 5.32 Å². The summed E-state index contributed by atoms with van der Waals surface area (Å²) in [6.07, 6.45) is 2.20. The zero-order valence-corrected chi connectivity index (χ0v) is 13.5. The summed E-state index contributed by atoms with van der Waals surface area (Å²) in [6.45, 7) is 3.35. The first-order valence-electron chi connectivity index (χ1n) is 8.15. The summed E-state index contributed by atoms with van der Waals surface area (Å²) >= 11 is 0. The van der Waals surface area contributed by atoms with Gasteiger partial charge in [0.2, 0.25) is 5.91 Å². The molecule has 24 heavy (non-hydrogen) atoms. The van der Waals surface area contributed by atoms with Crippen molar-refractivity contribution in [3.63, 3.8) is 0 Å². The smallest absolute Gasteiger partial charge is 0.259 e. The van der Waals surface area contributed by atoms with Gasteiger partial charge in [0.15, 0.2) is 0 Å². The van der Waals surface area contributed by atoms with Crippen LogP contribution in [0.2, 0.25) is 0 Å². The number of hydrogen-bond acceptors (Lipinski definition) is 4. The number of aryl methyl sites for hydroxylation is 1. The molecule has 6 nitrogen and oxygen atoms in total. The number of carbonyl (C=O) groups excluding carboxylic acids is 2. The first-order chi connectivity index (χ1) is 11.6. The van der Waals surface area contributed by atoms with E-state index in [1.54, 1.807) is 11.8 Å². The van der Waals surface area contributed by atoms with E-state index in [1.807, 2.05) is 30.3 Å². The van der Waals surface area contributed by atoms with Crippen LogP contribution in [0.3, 0.4) is 0 Å². The molecule has 124 valence electrons. The number of likely N-dealkylation sites (tertiary alicyclic amines) is 1. The Balaban J connectivity index is 1.70. The lowest BCUT2D eigenvalue weighted by Crippen LogP contribution is -2.38. The van der Waals surface area contributed by atoms with Crippen LogP contribution in [-0.4, -0.2) is 41.5 Å². The van der Waals surface area contributed by atoms with Gasteiger partial charge in [0.05, 0.1) is 11.6 Å². The third-order valence-corrected chi connectivity index (χ3v) is 5.32. The summed E-state index contributed by atoms with van der Waals surface area (Å²) in [6, 6.07) is 9.99. The predicted molar refractivity (Wildman–Crippen MR) is 86.4 cm³/mol. The third-order valence-electron chi connectivity index (χ3n) is 5.32. The second-order valence-electron chi connectivity index (χ2n) is 6.61. The predicted octanol–water partition coefficient (Wildman–Crippen LogP) is 1.73. The zero-order valence-electron chi connectivity index (χ0n) is 13.5. The summed E-state index contributed by atoms with van der Waals surface area (Å²) < 4.78 is 5.02. The number of nitrogens with one attached hydrogen (secondary N) is 1. The molecule has 2 aliphatic rings. The lowest BCUT2D eigenvalue weighted by molar-refractivity contribution is -0.127. The molecule has 1 aromatic heterocycles. The standard InChI is InChI=1S/C18H19N3O3/c1-12-14(9-20-24-12)16(22)21-10-15(13-5-3-2-4-6-13)18(11-21)7-8-19-17(18)23/h2-6,9,15H,7-8,10-11H2,1H3,(H,19,23)/t15-,18+/m0/s1. The van der Waals surface area contributed by atoms with Crippen molar-refractivity contribution in [1.29, 1.82) is 0 Å². The van der Waals surface area contributed by atoms with E-state index in [1.165, 1.54) is 6.20 Å². The Kier molecular flexibility index (Phi) is 3.40. The molecule has 0 bridgehead atoms. The normalized spacial score (nSPS) is 26.1. The maximum absolute atomic E-state index is 12.8. The number of hydrogen-bond donors (Lipinski definition) is 1. The van der Waals surface area contributed by atoms with E-state index in [0.29, 0.717) is 31.0 Å². The second-order valence-corrected chi connectivity index (χ2v) is 6.61. The summed E-state index contributed by atoms with van der Waals surface area (Å²) in [4.78, 5) is 27.2. The van der Waals surface area contributed by atoms with Crippen molar-refractivity contribution in [1.82, 2.24) is 15.4 Å². The van der Waals surface area contributed by atoms with Crippen molar-refractivity contribution in [3.8, 4) is 0 Å². The first kappa shape index (κ1) is 14.9. The monoisotopic (exact) mass is 325 g/mol. The molecule has 2 saturated heterocycles. The summed E-state index contributed by atoms with van der Waals surface area (Å²) in [5, 5.41) is 6.64. The molecule has 2 fully saturated rings. The molecule has 4 rings (SSSR count). The number of aromatic nitrogens is 1. The molecule has 1 N–H and O–H groups in total. The second kappa shape index (κ2) is 5.47. The molecule has 0 aliphatic carbocycles. The van der Waals surface area contributed by atoms with Crippen LogP contribution in [0.15, 0.2) is 41.1 Å². The fourth-order valence-corrected chi connectivity index (χ4v) is 4.02. The number of benzene rings is 1. The average Bonchev–Trinajstić information content (AvgIpc) is 3.29. The van der Waals surface area contributed by atoms with Crippen molar-refractivity contribution in [3.05, 3.63) is 53.4 Å². The molecule has 0 radical (unpaired) electrons. The number of amides is 2. The van der Waals surface area contributed by atoms with E-state index in [4.69, 9.17) is 4.52 Å². The Morgan fingerprint density at radius 1 is 1.38 bits per heavy atom. The molecule has 1 aromatic carbocycles. The van der Waals surface area contributed by atoms with E-state index in [2.05, 4.69) is 10.5 Å². The Hall–Kier alpha value is -2.63. The lowest BCUT2D eigenvalue weighted by atomic mass is 9.73. The quantitative estimate of drug-likeness (QED) is 0.912. The minimum absolute atomic E-state index is 0.00492. The van der Waals surface area contributed by atoms with Gasteiger partial charge in [-0.15, -0.1) is 0 Å². The van der Waals surface area contributed by atoms with Gasteiger partial charge < -0.3 is 14.7 Å². The Labute approximate surface area is 139 Å². The minimum atomic E-state index is -0.540. The van der Waals surface area contributed by atoms with Crippen LogP contribution in [0.25, 0.3) is 0 Å². The van der Waals surface area contributed by atoms with Gasteiger partial charge in [-0.1, -0.05) is 35.5 Å². The van der Waals surface area contributed by atoms with Crippen LogP contribution >= 0.6 is 0 Å². The van der Waals surface area contributed by atoms with Gasteiger partial charge in [-0.05, 0) is 18.9 Å². The van der Waals surface area contributed by atoms with E-state index >= 15 is 0 Å². The number of carbonyl (C=O) groups is 2. The zero-order chi connectivity index (χ0) is 16.7. The lowest BCUT2D eigenvalue weighted by Gasteiger charge is -2.27. The third kappa shape index (κ3) is 2.13. The van der Waals surface area contributed by atoms with Gasteiger partial charge in [0.1, 0.15) is 11.3 Å². The van der Waals surface area contributed by atoms with Crippen molar-refractivity contribution < 1.29 is 14.1 Å². The maximum Gasteiger partial charge on any atom is 0.259 e. The highest BCUT2D eigenvalue weighted by molar-refractivity contribution is 5.96. The summed E-state index contributed by atoms with van der Waals surface area (Å²) in [5.41, 5.74) is 1.03. The van der Waals surface area contributed by atoms with Crippen LogP contribution in [0.1, 0.15) is 34.0 Å². The van der Waals surface area contributed by atoms with Gasteiger partial charge in [-0.3, -0.25) is 9.59 Å². The average molecular weight is 325 g/mol. The van der Waals surface area contributed by atoms with E-state index in [9.17, 15) is 9.59 Å². The van der Waals surface area contributed by atoms with Crippen molar-refractivity contribution in [2.75, 3.05) is 19.6 Å². The molecular weight excluding hydrogens is 306 g/mol. The number of nitrogens with zero attached hydrogens (tertiary/aromatic N) is 2. The highest BCUT2D eigenvalue weighted by atomic mass is 16.5. The van der Waals surface area contributed by atoms with Crippen molar-refractivity contribution >= 4 is 11.8 Å². The Morgan fingerprint density at radius 2 is 2.17 bits per heavy atom. The van der Waals surface area contributed by atoms with Gasteiger partial charge >= 0.3 is 0 Å². The van der Waals surface area contributed by atoms with Crippen LogP contribution in [0.4, 0.5) is 0 Å². The number of rotatable bonds is 2. The molecule has 3 heterocycles. The largest absolute Gasteiger partial charge is 0.361 e. The van der Waals surface area contributed by atoms with Gasteiger partial charge in [0.25, 0.3) is 5.91 Å². The van der Waals surface area contributed by atoms with Gasteiger partial charge in [0, 0.05) is 25.6 Å². The van der Waals surface area contributed by atoms with Gasteiger partial charge in [-0.25, -0.2) is 0 Å². The molecule has 0 saturated carbocycles. The SMILES string of the molecule is Cc1oncc1C(=O)N1C[C@@H](c2ccccc2)[C@@]2(CCNC2=O)C1. The topological polar surface area (TPSA) is 75.4 Å². The Bertz CT molecular complexity index is 786. The Morgan fingerprint density at radius 3 is 2.79 bits per heavy atom. The van der Waals surface area contributed by atoms with E-state index in [0.717, 1.165) is 12.0 Å². The molecule has 2 atom stereocenters. The molecule has 6 heteroatoms. The highest BCUT2D eigenvalue weighted by Crippen LogP contribution is 2.48. The summed E-state index contributed by atoms with van der Waals surface area (Å²) in [7, 11) is 0. The molecule has 2 aromatic rings. The van der Waals surface area contributed by atoms with Gasteiger partial charge in [-0.2, -0.15) is 0 Å². The van der Waals surface area contributed by atoms with Crippen molar-refractivity contribution in [2.24, 2.45) is 5.41 Å². The molecule has 0 unspecified atom stereocenters. The fraction of sp³-hybridized carbons (Fsp3) is 0.389. The molecule has 1 spiro atoms. The highest BCUT2D eigenvalue weighted by Gasteiger charge is 2.55.